The zero-order valence-corrected chi connectivity index (χ0v) is 13.0. The van der Waals surface area contributed by atoms with Gasteiger partial charge in [0.1, 0.15) is 0 Å². The van der Waals surface area contributed by atoms with Gasteiger partial charge in [-0.3, -0.25) is 0 Å². The van der Waals surface area contributed by atoms with Crippen molar-refractivity contribution >= 4 is 21.7 Å². The van der Waals surface area contributed by atoms with Crippen LogP contribution >= 0.6 is 0 Å². The molecule has 0 aliphatic heterocycles. The maximum atomic E-state index is 11.9. The van der Waals surface area contributed by atoms with E-state index in [9.17, 15) is 13.2 Å². The molecular formula is C12H25N3O3S. The van der Waals surface area contributed by atoms with Crippen molar-refractivity contribution in [2.24, 2.45) is 0 Å². The molecule has 19 heavy (non-hydrogen) atoms. The van der Waals surface area contributed by atoms with Crippen molar-refractivity contribution in [3.8, 4) is 0 Å². The molecule has 0 bridgehead atoms. The summed E-state index contributed by atoms with van der Waals surface area (Å²) in [5, 5.41) is 3.90. The van der Waals surface area contributed by atoms with Gasteiger partial charge in [-0.25, -0.2) is 4.79 Å². The molecule has 0 saturated heterocycles. The Bertz CT molecular complexity index is 381. The van der Waals surface area contributed by atoms with Crippen LogP contribution < -0.4 is 5.32 Å². The lowest BCUT2D eigenvalue weighted by Gasteiger charge is -2.26. The monoisotopic (exact) mass is 291 g/mol. The van der Waals surface area contributed by atoms with Crippen molar-refractivity contribution in [1.29, 1.82) is 0 Å². The molecule has 6 nitrogen and oxygen atoms in total. The number of hydrogen-bond acceptors (Lipinski definition) is 4. The van der Waals surface area contributed by atoms with Gasteiger partial charge in [-0.1, -0.05) is 13.8 Å². The van der Waals surface area contributed by atoms with Gasteiger partial charge in [0.25, 0.3) is 0 Å². The van der Waals surface area contributed by atoms with Crippen LogP contribution in [-0.4, -0.2) is 68.4 Å². The second kappa shape index (κ2) is 9.80. The quantitative estimate of drug-likeness (QED) is 0.658. The SMILES string of the molecule is CCN(CC)CCNC(=O)N(CC=S(=O)=O)C(C)C. The van der Waals surface area contributed by atoms with Gasteiger partial charge in [-0.05, 0) is 26.9 Å². The summed E-state index contributed by atoms with van der Waals surface area (Å²) in [6, 6.07) is -0.280. The zero-order chi connectivity index (χ0) is 14.8. The molecule has 0 aliphatic carbocycles. The molecule has 0 fully saturated rings. The average molecular weight is 291 g/mol. The summed E-state index contributed by atoms with van der Waals surface area (Å²) in [6.45, 7) is 11.2. The van der Waals surface area contributed by atoms with E-state index >= 15 is 0 Å². The van der Waals surface area contributed by atoms with Gasteiger partial charge in [0.15, 0.2) is 0 Å². The first-order valence-electron chi connectivity index (χ1n) is 6.60. The zero-order valence-electron chi connectivity index (χ0n) is 12.2. The van der Waals surface area contributed by atoms with Crippen molar-refractivity contribution < 1.29 is 13.2 Å². The molecule has 0 rings (SSSR count). The Balaban J connectivity index is 4.30. The molecule has 0 aromatic rings. The van der Waals surface area contributed by atoms with E-state index in [2.05, 4.69) is 24.1 Å². The lowest BCUT2D eigenvalue weighted by Crippen LogP contribution is -2.46. The molecule has 0 atom stereocenters. The first-order valence-corrected chi connectivity index (χ1v) is 7.74. The number of hydrogen-bond donors (Lipinski definition) is 1. The summed E-state index contributed by atoms with van der Waals surface area (Å²) < 4.78 is 21.0. The van der Waals surface area contributed by atoms with Gasteiger partial charge < -0.3 is 15.1 Å². The lowest BCUT2D eigenvalue weighted by molar-refractivity contribution is 0.190. The van der Waals surface area contributed by atoms with Crippen molar-refractivity contribution in [3.05, 3.63) is 0 Å². The third-order valence-electron chi connectivity index (χ3n) is 2.89. The molecule has 0 spiro atoms. The number of rotatable bonds is 8. The fraction of sp³-hybridized carbons (Fsp3) is 0.833. The van der Waals surface area contributed by atoms with Crippen LogP contribution in [0.3, 0.4) is 0 Å². The molecule has 0 unspecified atom stereocenters. The maximum absolute atomic E-state index is 11.9. The largest absolute Gasteiger partial charge is 0.337 e. The summed E-state index contributed by atoms with van der Waals surface area (Å²) >= 11 is 0. The van der Waals surface area contributed by atoms with Crippen LogP contribution in [0.25, 0.3) is 0 Å². The summed E-state index contributed by atoms with van der Waals surface area (Å²) in [6.07, 6.45) is 0. The first-order chi connectivity index (χ1) is 8.92. The van der Waals surface area contributed by atoms with E-state index in [0.29, 0.717) is 6.54 Å². The van der Waals surface area contributed by atoms with Gasteiger partial charge in [0.2, 0.25) is 10.3 Å². The van der Waals surface area contributed by atoms with E-state index in [4.69, 9.17) is 0 Å². The first kappa shape index (κ1) is 17.9. The van der Waals surface area contributed by atoms with Crippen LogP contribution in [-0.2, 0) is 10.3 Å². The van der Waals surface area contributed by atoms with E-state index in [-0.39, 0.29) is 18.6 Å². The number of nitrogens with one attached hydrogen (secondary N) is 1. The normalized spacial score (nSPS) is 10.6. The predicted octanol–water partition coefficient (Wildman–Crippen LogP) is 0.430. The molecule has 0 aliphatic rings. The van der Waals surface area contributed by atoms with Crippen LogP contribution in [0.15, 0.2) is 0 Å². The molecule has 0 radical (unpaired) electrons. The molecule has 0 saturated carbocycles. The highest BCUT2D eigenvalue weighted by molar-refractivity contribution is 7.71. The minimum Gasteiger partial charge on any atom is -0.337 e. The third kappa shape index (κ3) is 7.84. The molecule has 112 valence electrons. The number of urea groups is 1. The summed E-state index contributed by atoms with van der Waals surface area (Å²) in [5.41, 5.74) is 0. The fourth-order valence-corrected chi connectivity index (χ4v) is 1.91. The van der Waals surface area contributed by atoms with Crippen molar-refractivity contribution in [1.82, 2.24) is 15.1 Å². The number of carbonyl (C=O) groups is 1. The minimum absolute atomic E-state index is 0.0479. The van der Waals surface area contributed by atoms with Crippen molar-refractivity contribution in [3.63, 3.8) is 0 Å². The minimum atomic E-state index is -2.24. The second-order valence-electron chi connectivity index (χ2n) is 4.43. The Kier molecular flexibility index (Phi) is 9.24. The van der Waals surface area contributed by atoms with E-state index in [1.54, 1.807) is 0 Å². The number of carbonyl (C=O) groups excluding carboxylic acids is 1. The Morgan fingerprint density at radius 1 is 1.26 bits per heavy atom. The molecule has 0 heterocycles. The molecular weight excluding hydrogens is 266 g/mol. The third-order valence-corrected chi connectivity index (χ3v) is 3.31. The average Bonchev–Trinajstić information content (AvgIpc) is 2.34. The maximum Gasteiger partial charge on any atom is 0.317 e. The van der Waals surface area contributed by atoms with Gasteiger partial charge in [-0.2, -0.15) is 8.42 Å². The van der Waals surface area contributed by atoms with Crippen molar-refractivity contribution in [2.75, 3.05) is 32.7 Å². The molecule has 2 amide bonds. The van der Waals surface area contributed by atoms with Crippen LogP contribution in [0, 0.1) is 0 Å². The van der Waals surface area contributed by atoms with Gasteiger partial charge in [0.05, 0.1) is 11.9 Å². The lowest BCUT2D eigenvalue weighted by atomic mass is 10.3. The van der Waals surface area contributed by atoms with E-state index in [1.807, 2.05) is 13.8 Å². The fourth-order valence-electron chi connectivity index (χ4n) is 1.63. The Hall–Kier alpha value is -1.08. The van der Waals surface area contributed by atoms with E-state index < -0.39 is 10.3 Å². The second-order valence-corrected chi connectivity index (χ2v) is 5.29. The summed E-state index contributed by atoms with van der Waals surface area (Å²) in [7, 11) is -2.24. The van der Waals surface area contributed by atoms with Gasteiger partial charge in [-0.15, -0.1) is 0 Å². The number of nitrogens with zero attached hydrogens (tertiary/aromatic N) is 2. The Morgan fingerprint density at radius 3 is 2.26 bits per heavy atom. The highest BCUT2D eigenvalue weighted by Gasteiger charge is 2.15. The summed E-state index contributed by atoms with van der Waals surface area (Å²) in [5.74, 6) is 0. The van der Waals surface area contributed by atoms with Crippen LogP contribution in [0.2, 0.25) is 0 Å². The molecule has 0 aromatic carbocycles. The van der Waals surface area contributed by atoms with Gasteiger partial charge in [0, 0.05) is 19.1 Å². The molecule has 0 aromatic heterocycles. The van der Waals surface area contributed by atoms with Crippen LogP contribution in [0.4, 0.5) is 4.79 Å². The Morgan fingerprint density at radius 2 is 1.84 bits per heavy atom. The Labute approximate surface area is 117 Å². The molecule has 7 heteroatoms. The standard InChI is InChI=1S/C12H25N3O3S/c1-5-14(6-2)8-7-13-12(16)15(11(3)4)9-10-19(17)18/h10-11H,5-9H2,1-4H3,(H,13,16). The molecule has 1 N–H and O–H groups in total. The van der Waals surface area contributed by atoms with Crippen LogP contribution in [0.5, 0.6) is 0 Å². The number of likely N-dealkylation sites (N-methyl/N-ethyl adjacent to an activating group) is 1. The van der Waals surface area contributed by atoms with Crippen LogP contribution in [0.1, 0.15) is 27.7 Å². The topological polar surface area (TPSA) is 69.7 Å². The van der Waals surface area contributed by atoms with E-state index in [1.165, 1.54) is 4.90 Å². The summed E-state index contributed by atoms with van der Waals surface area (Å²) in [4.78, 5) is 15.6. The van der Waals surface area contributed by atoms with Gasteiger partial charge >= 0.3 is 6.03 Å². The number of amides is 2. The van der Waals surface area contributed by atoms with E-state index in [0.717, 1.165) is 25.0 Å². The smallest absolute Gasteiger partial charge is 0.317 e. The highest BCUT2D eigenvalue weighted by Crippen LogP contribution is 1.97. The van der Waals surface area contributed by atoms with Crippen molar-refractivity contribution in [2.45, 2.75) is 33.7 Å². The highest BCUT2D eigenvalue weighted by atomic mass is 32.2. The predicted molar refractivity (Wildman–Crippen MR) is 78.0 cm³/mol.